The number of unbranched alkanes of at least 4 members (excludes halogenated alkanes) is 7. The monoisotopic (exact) mass is 214 g/mol. The maximum absolute atomic E-state index is 10.5. The summed E-state index contributed by atoms with van der Waals surface area (Å²) in [6.07, 6.45) is 10.5. The van der Waals surface area contributed by atoms with Crippen LogP contribution in [-0.4, -0.2) is 19.5 Å². The van der Waals surface area contributed by atoms with Crippen molar-refractivity contribution >= 4 is 5.91 Å². The second-order valence-corrected chi connectivity index (χ2v) is 4.15. The smallest absolute Gasteiger partial charge is 0.217 e. The molecule has 0 aromatic rings. The lowest BCUT2D eigenvalue weighted by molar-refractivity contribution is -0.118. The first-order valence-corrected chi connectivity index (χ1v) is 6.20. The molecule has 0 heterocycles. The summed E-state index contributed by atoms with van der Waals surface area (Å²) in [5, 5.41) is 3.15. The van der Waals surface area contributed by atoms with Gasteiger partial charge >= 0.3 is 0 Å². The van der Waals surface area contributed by atoms with Gasteiger partial charge in [0.2, 0.25) is 5.91 Å². The third-order valence-electron chi connectivity index (χ3n) is 2.60. The molecule has 15 heavy (non-hydrogen) atoms. The number of nitrogens with one attached hydrogen (secondary N) is 1. The summed E-state index contributed by atoms with van der Waals surface area (Å²) < 4.78 is 0. The summed E-state index contributed by atoms with van der Waals surface area (Å²) in [6, 6.07) is 0. The van der Waals surface area contributed by atoms with Crippen LogP contribution in [0.25, 0.3) is 0 Å². The van der Waals surface area contributed by atoms with E-state index in [1.807, 2.05) is 7.05 Å². The van der Waals surface area contributed by atoms with Gasteiger partial charge < -0.3 is 11.1 Å². The molecule has 0 aromatic carbocycles. The Labute approximate surface area is 93.8 Å². The molecule has 0 unspecified atom stereocenters. The molecule has 3 nitrogen and oxygen atoms in total. The lowest BCUT2D eigenvalue weighted by Gasteiger charge is -2.01. The van der Waals surface area contributed by atoms with Gasteiger partial charge in [0.15, 0.2) is 0 Å². The van der Waals surface area contributed by atoms with Gasteiger partial charge in [0.25, 0.3) is 0 Å². The van der Waals surface area contributed by atoms with Gasteiger partial charge in [0.05, 0.1) is 0 Å². The molecule has 0 aromatic heterocycles. The fourth-order valence-electron chi connectivity index (χ4n) is 1.66. The van der Waals surface area contributed by atoms with Gasteiger partial charge in [-0.3, -0.25) is 4.79 Å². The maximum Gasteiger partial charge on any atom is 0.217 e. The number of hydrogen-bond donors (Lipinski definition) is 2. The second-order valence-electron chi connectivity index (χ2n) is 4.15. The van der Waals surface area contributed by atoms with Crippen molar-refractivity contribution in [3.63, 3.8) is 0 Å². The molecule has 0 aliphatic heterocycles. The van der Waals surface area contributed by atoms with Crippen LogP contribution in [-0.2, 0) is 4.79 Å². The molecule has 0 bridgehead atoms. The maximum atomic E-state index is 10.5. The molecule has 90 valence electrons. The number of rotatable bonds is 11. The fraction of sp³-hybridized carbons (Fsp3) is 0.917. The highest BCUT2D eigenvalue weighted by Gasteiger charge is 1.95. The molecule has 3 heteroatoms. The predicted octanol–water partition coefficient (Wildman–Crippen LogP) is 2.20. The van der Waals surface area contributed by atoms with E-state index in [1.54, 1.807) is 0 Å². The Kier molecular flexibility index (Phi) is 11.1. The Morgan fingerprint density at radius 1 is 0.933 bits per heavy atom. The third kappa shape index (κ3) is 13.4. The van der Waals surface area contributed by atoms with E-state index >= 15 is 0 Å². The van der Waals surface area contributed by atoms with Crippen LogP contribution in [0.3, 0.4) is 0 Å². The summed E-state index contributed by atoms with van der Waals surface area (Å²) >= 11 is 0. The van der Waals surface area contributed by atoms with E-state index in [1.165, 1.54) is 38.5 Å². The zero-order valence-corrected chi connectivity index (χ0v) is 10.1. The van der Waals surface area contributed by atoms with Crippen molar-refractivity contribution in [3.8, 4) is 0 Å². The second kappa shape index (κ2) is 11.5. The van der Waals surface area contributed by atoms with E-state index in [9.17, 15) is 4.79 Å². The molecule has 0 aliphatic carbocycles. The van der Waals surface area contributed by atoms with Crippen molar-refractivity contribution in [3.05, 3.63) is 0 Å². The summed E-state index contributed by atoms with van der Waals surface area (Å²) in [5.41, 5.74) is 5.06. The number of primary amides is 1. The van der Waals surface area contributed by atoms with Gasteiger partial charge in [-0.1, -0.05) is 38.5 Å². The Hall–Kier alpha value is -0.570. The van der Waals surface area contributed by atoms with Gasteiger partial charge in [0.1, 0.15) is 0 Å². The molecule has 3 N–H and O–H groups in total. The average Bonchev–Trinajstić information content (AvgIpc) is 2.20. The molecular weight excluding hydrogens is 188 g/mol. The molecule has 0 fully saturated rings. The highest BCUT2D eigenvalue weighted by Crippen LogP contribution is 2.09. The minimum atomic E-state index is -0.165. The first-order valence-electron chi connectivity index (χ1n) is 6.20. The molecule has 1 amide bonds. The van der Waals surface area contributed by atoms with E-state index in [2.05, 4.69) is 5.32 Å². The van der Waals surface area contributed by atoms with Gasteiger partial charge in [0, 0.05) is 6.42 Å². The highest BCUT2D eigenvalue weighted by molar-refractivity contribution is 5.73. The van der Waals surface area contributed by atoms with Crippen molar-refractivity contribution in [1.29, 1.82) is 0 Å². The van der Waals surface area contributed by atoms with Crippen LogP contribution < -0.4 is 11.1 Å². The molecule has 0 atom stereocenters. The van der Waals surface area contributed by atoms with Gasteiger partial charge in [-0.05, 0) is 26.4 Å². The number of amides is 1. The van der Waals surface area contributed by atoms with E-state index < -0.39 is 0 Å². The van der Waals surface area contributed by atoms with Gasteiger partial charge in [-0.2, -0.15) is 0 Å². The topological polar surface area (TPSA) is 55.1 Å². The van der Waals surface area contributed by atoms with Crippen molar-refractivity contribution in [1.82, 2.24) is 5.32 Å². The standard InChI is InChI=1S/C12H26N2O/c1-14-11-9-7-5-3-2-4-6-8-10-12(13)15/h14H,2-11H2,1H3,(H2,13,15). The first-order chi connectivity index (χ1) is 7.27. The third-order valence-corrected chi connectivity index (χ3v) is 2.60. The normalized spacial score (nSPS) is 10.5. The number of hydrogen-bond acceptors (Lipinski definition) is 2. The van der Waals surface area contributed by atoms with Crippen LogP contribution in [0.5, 0.6) is 0 Å². The Morgan fingerprint density at radius 2 is 1.40 bits per heavy atom. The van der Waals surface area contributed by atoms with Crippen molar-refractivity contribution in [2.45, 2.75) is 57.8 Å². The summed E-state index contributed by atoms with van der Waals surface area (Å²) in [5.74, 6) is -0.165. The lowest BCUT2D eigenvalue weighted by atomic mass is 10.1. The van der Waals surface area contributed by atoms with Gasteiger partial charge in [-0.25, -0.2) is 0 Å². The lowest BCUT2D eigenvalue weighted by Crippen LogP contribution is -2.09. The molecule has 0 aliphatic rings. The van der Waals surface area contributed by atoms with Gasteiger partial charge in [-0.15, -0.1) is 0 Å². The Morgan fingerprint density at radius 3 is 1.87 bits per heavy atom. The molecule has 0 rings (SSSR count). The van der Waals surface area contributed by atoms with Crippen LogP contribution in [0.1, 0.15) is 57.8 Å². The zero-order valence-electron chi connectivity index (χ0n) is 10.1. The zero-order chi connectivity index (χ0) is 11.4. The number of carbonyl (C=O) groups excluding carboxylic acids is 1. The Balaban J connectivity index is 2.89. The van der Waals surface area contributed by atoms with Crippen LogP contribution in [0, 0.1) is 0 Å². The van der Waals surface area contributed by atoms with E-state index in [-0.39, 0.29) is 5.91 Å². The fourth-order valence-corrected chi connectivity index (χ4v) is 1.66. The van der Waals surface area contributed by atoms with Crippen molar-refractivity contribution in [2.24, 2.45) is 5.73 Å². The van der Waals surface area contributed by atoms with E-state index in [0.29, 0.717) is 6.42 Å². The summed E-state index contributed by atoms with van der Waals surface area (Å²) in [4.78, 5) is 10.5. The largest absolute Gasteiger partial charge is 0.370 e. The number of nitrogens with two attached hydrogens (primary N) is 1. The first kappa shape index (κ1) is 14.4. The Bertz CT molecular complexity index is 149. The van der Waals surface area contributed by atoms with E-state index in [4.69, 9.17) is 5.73 Å². The summed E-state index contributed by atoms with van der Waals surface area (Å²) in [7, 11) is 2.00. The average molecular weight is 214 g/mol. The summed E-state index contributed by atoms with van der Waals surface area (Å²) in [6.45, 7) is 1.14. The van der Waals surface area contributed by atoms with Crippen LogP contribution in [0.4, 0.5) is 0 Å². The number of carbonyl (C=O) groups is 1. The van der Waals surface area contributed by atoms with Crippen LogP contribution >= 0.6 is 0 Å². The molecule has 0 spiro atoms. The SMILES string of the molecule is CNCCCCCCCCCCC(N)=O. The molecule has 0 saturated heterocycles. The molecule has 0 saturated carbocycles. The van der Waals surface area contributed by atoms with Crippen molar-refractivity contribution < 1.29 is 4.79 Å². The predicted molar refractivity (Wildman–Crippen MR) is 64.7 cm³/mol. The highest BCUT2D eigenvalue weighted by atomic mass is 16.1. The molecule has 0 radical (unpaired) electrons. The van der Waals surface area contributed by atoms with E-state index in [0.717, 1.165) is 19.4 Å². The molecular formula is C12H26N2O. The van der Waals surface area contributed by atoms with Crippen LogP contribution in [0.2, 0.25) is 0 Å². The quantitative estimate of drug-likeness (QED) is 0.518. The van der Waals surface area contributed by atoms with Crippen molar-refractivity contribution in [2.75, 3.05) is 13.6 Å². The van der Waals surface area contributed by atoms with Crippen LogP contribution in [0.15, 0.2) is 0 Å². The minimum absolute atomic E-state index is 0.165. The minimum Gasteiger partial charge on any atom is -0.370 e.